The summed E-state index contributed by atoms with van der Waals surface area (Å²) in [6.07, 6.45) is 3.57. The van der Waals surface area contributed by atoms with Gasteiger partial charge < -0.3 is 14.6 Å². The molecule has 0 unspecified atom stereocenters. The molecule has 1 N–H and O–H groups in total. The molecule has 2 heterocycles. The Hall–Kier alpha value is -1.36. The highest BCUT2D eigenvalue weighted by molar-refractivity contribution is 5.76. The number of hydrogen-bond acceptors (Lipinski definition) is 4. The Morgan fingerprint density at radius 1 is 1.55 bits per heavy atom. The number of rotatable bonds is 6. The molecular weight excluding hydrogens is 256 g/mol. The zero-order chi connectivity index (χ0) is 14.4. The minimum absolute atomic E-state index is 0.0577. The molecule has 0 spiro atoms. The van der Waals surface area contributed by atoms with Crippen molar-refractivity contribution >= 4 is 5.91 Å². The largest absolute Gasteiger partial charge is 0.381 e. The van der Waals surface area contributed by atoms with Crippen molar-refractivity contribution in [3.63, 3.8) is 0 Å². The summed E-state index contributed by atoms with van der Waals surface area (Å²) in [4.78, 5) is 11.8. The van der Waals surface area contributed by atoms with Gasteiger partial charge in [0.25, 0.3) is 0 Å². The molecule has 112 valence electrons. The van der Waals surface area contributed by atoms with Crippen LogP contribution >= 0.6 is 0 Å². The molecule has 0 bridgehead atoms. The first-order chi connectivity index (χ1) is 9.63. The Labute approximate surface area is 120 Å². The van der Waals surface area contributed by atoms with E-state index in [1.54, 1.807) is 0 Å². The molecule has 5 nitrogen and oxygen atoms in total. The van der Waals surface area contributed by atoms with E-state index in [9.17, 15) is 4.79 Å². The molecule has 1 saturated heterocycles. The summed E-state index contributed by atoms with van der Waals surface area (Å²) in [6.45, 7) is 6.23. The van der Waals surface area contributed by atoms with E-state index in [1.807, 2.05) is 6.07 Å². The lowest BCUT2D eigenvalue weighted by molar-refractivity contribution is -0.123. The van der Waals surface area contributed by atoms with E-state index < -0.39 is 0 Å². The number of aromatic nitrogens is 1. The fourth-order valence-electron chi connectivity index (χ4n) is 2.44. The van der Waals surface area contributed by atoms with Gasteiger partial charge in [0.15, 0.2) is 5.76 Å². The van der Waals surface area contributed by atoms with Crippen LogP contribution in [0, 0.1) is 11.8 Å². The van der Waals surface area contributed by atoms with Crippen molar-refractivity contribution in [3.8, 4) is 0 Å². The highest BCUT2D eigenvalue weighted by Gasteiger charge is 2.17. The highest BCUT2D eigenvalue weighted by Crippen LogP contribution is 2.17. The fourth-order valence-corrected chi connectivity index (χ4v) is 2.44. The fraction of sp³-hybridized carbons (Fsp3) is 0.733. The third-order valence-electron chi connectivity index (χ3n) is 3.41. The lowest BCUT2D eigenvalue weighted by Gasteiger charge is -2.21. The molecule has 2 rings (SSSR count). The number of nitrogens with one attached hydrogen (secondary N) is 1. The van der Waals surface area contributed by atoms with Crippen LogP contribution < -0.4 is 5.32 Å². The van der Waals surface area contributed by atoms with E-state index in [0.29, 0.717) is 37.2 Å². The van der Waals surface area contributed by atoms with E-state index in [-0.39, 0.29) is 5.91 Å². The van der Waals surface area contributed by atoms with Crippen molar-refractivity contribution in [2.24, 2.45) is 11.8 Å². The van der Waals surface area contributed by atoms with Crippen LogP contribution in [0.25, 0.3) is 0 Å². The van der Waals surface area contributed by atoms with E-state index >= 15 is 0 Å². The molecule has 5 heteroatoms. The number of nitrogens with zero attached hydrogens (tertiary/aromatic N) is 1. The first-order valence-electron chi connectivity index (χ1n) is 7.42. The lowest BCUT2D eigenvalue weighted by atomic mass is 9.98. The van der Waals surface area contributed by atoms with Crippen molar-refractivity contribution < 1.29 is 14.1 Å². The molecule has 20 heavy (non-hydrogen) atoms. The van der Waals surface area contributed by atoms with Crippen LogP contribution in [-0.4, -0.2) is 24.3 Å². The second-order valence-electron chi connectivity index (χ2n) is 5.95. The molecule has 1 aliphatic rings. The quantitative estimate of drug-likeness (QED) is 0.868. The molecule has 0 aromatic carbocycles. The zero-order valence-electron chi connectivity index (χ0n) is 12.4. The molecule has 1 atom stereocenters. The maximum Gasteiger partial charge on any atom is 0.220 e. The van der Waals surface area contributed by atoms with Gasteiger partial charge >= 0.3 is 0 Å². The summed E-state index contributed by atoms with van der Waals surface area (Å²) in [6, 6.07) is 1.92. The summed E-state index contributed by atoms with van der Waals surface area (Å²) in [5.41, 5.74) is 0.949. The van der Waals surface area contributed by atoms with Gasteiger partial charge in [0.05, 0.1) is 12.2 Å². The van der Waals surface area contributed by atoms with Crippen LogP contribution in [0.1, 0.15) is 44.6 Å². The third-order valence-corrected chi connectivity index (χ3v) is 3.41. The van der Waals surface area contributed by atoms with Crippen molar-refractivity contribution in [3.05, 3.63) is 17.5 Å². The van der Waals surface area contributed by atoms with Gasteiger partial charge in [-0.25, -0.2) is 0 Å². The van der Waals surface area contributed by atoms with E-state index in [1.165, 1.54) is 0 Å². The number of amides is 1. The van der Waals surface area contributed by atoms with Crippen LogP contribution in [0.2, 0.25) is 0 Å². The second kappa shape index (κ2) is 7.43. The maximum absolute atomic E-state index is 11.8. The minimum atomic E-state index is 0.0577. The normalized spacial score (nSPS) is 19.2. The molecule has 1 fully saturated rings. The molecule has 1 amide bonds. The molecule has 0 radical (unpaired) electrons. The smallest absolute Gasteiger partial charge is 0.220 e. The summed E-state index contributed by atoms with van der Waals surface area (Å²) < 4.78 is 10.6. The zero-order valence-corrected chi connectivity index (χ0v) is 12.4. The van der Waals surface area contributed by atoms with Crippen LogP contribution in [0.15, 0.2) is 10.6 Å². The Morgan fingerprint density at radius 3 is 3.10 bits per heavy atom. The predicted molar refractivity (Wildman–Crippen MR) is 75.1 cm³/mol. The predicted octanol–water partition coefficient (Wildman–Crippen LogP) is 2.31. The van der Waals surface area contributed by atoms with E-state index in [0.717, 1.165) is 31.6 Å². The molecule has 1 aromatic rings. The van der Waals surface area contributed by atoms with Gasteiger partial charge in [-0.2, -0.15) is 0 Å². The molecule has 1 aromatic heterocycles. The second-order valence-corrected chi connectivity index (χ2v) is 5.95. The molecule has 0 saturated carbocycles. The van der Waals surface area contributed by atoms with Gasteiger partial charge in [0.2, 0.25) is 5.91 Å². The van der Waals surface area contributed by atoms with E-state index in [2.05, 4.69) is 24.3 Å². The standard InChI is InChI=1S/C15H24N2O3/c1-11(2)6-13-8-14(20-17-13)9-16-15(18)7-12-4-3-5-19-10-12/h8,11-12H,3-7,9-10H2,1-2H3,(H,16,18)/t12-/m0/s1. The van der Waals surface area contributed by atoms with Gasteiger partial charge in [-0.05, 0) is 31.1 Å². The average molecular weight is 280 g/mol. The first-order valence-corrected chi connectivity index (χ1v) is 7.42. The average Bonchev–Trinajstić information content (AvgIpc) is 2.84. The number of carbonyl (C=O) groups is 1. The number of hydrogen-bond donors (Lipinski definition) is 1. The van der Waals surface area contributed by atoms with Crippen molar-refractivity contribution in [2.45, 2.75) is 46.1 Å². The van der Waals surface area contributed by atoms with Crippen LogP contribution in [0.3, 0.4) is 0 Å². The topological polar surface area (TPSA) is 64.4 Å². The molecule has 0 aliphatic carbocycles. The van der Waals surface area contributed by atoms with Crippen molar-refractivity contribution in [1.82, 2.24) is 10.5 Å². The molecular formula is C15H24N2O3. The van der Waals surface area contributed by atoms with Gasteiger partial charge in [-0.3, -0.25) is 4.79 Å². The minimum Gasteiger partial charge on any atom is -0.381 e. The Bertz CT molecular complexity index is 423. The number of carbonyl (C=O) groups excluding carboxylic acids is 1. The first kappa shape index (κ1) is 15.0. The third kappa shape index (κ3) is 4.96. The van der Waals surface area contributed by atoms with Crippen LogP contribution in [0.5, 0.6) is 0 Å². The Balaban J connectivity index is 1.71. The summed E-state index contributed by atoms with van der Waals surface area (Å²) in [5.74, 6) is 1.68. The Morgan fingerprint density at radius 2 is 2.40 bits per heavy atom. The van der Waals surface area contributed by atoms with Crippen LogP contribution in [0.4, 0.5) is 0 Å². The Kier molecular flexibility index (Phi) is 5.59. The van der Waals surface area contributed by atoms with Crippen LogP contribution in [-0.2, 0) is 22.5 Å². The SMILES string of the molecule is CC(C)Cc1cc(CNC(=O)C[C@@H]2CCCOC2)on1. The van der Waals surface area contributed by atoms with E-state index in [4.69, 9.17) is 9.26 Å². The van der Waals surface area contributed by atoms with Crippen molar-refractivity contribution in [2.75, 3.05) is 13.2 Å². The summed E-state index contributed by atoms with van der Waals surface area (Å²) >= 11 is 0. The van der Waals surface area contributed by atoms with Gasteiger partial charge in [-0.15, -0.1) is 0 Å². The lowest BCUT2D eigenvalue weighted by Crippen LogP contribution is -2.28. The summed E-state index contributed by atoms with van der Waals surface area (Å²) in [7, 11) is 0. The van der Waals surface area contributed by atoms with Gasteiger partial charge in [0.1, 0.15) is 0 Å². The summed E-state index contributed by atoms with van der Waals surface area (Å²) in [5, 5.41) is 6.89. The monoisotopic (exact) mass is 280 g/mol. The maximum atomic E-state index is 11.8. The highest BCUT2D eigenvalue weighted by atomic mass is 16.5. The molecule has 1 aliphatic heterocycles. The number of ether oxygens (including phenoxy) is 1. The van der Waals surface area contributed by atoms with Gasteiger partial charge in [0, 0.05) is 25.7 Å². The van der Waals surface area contributed by atoms with Gasteiger partial charge in [-0.1, -0.05) is 19.0 Å². The van der Waals surface area contributed by atoms with Crippen molar-refractivity contribution in [1.29, 1.82) is 0 Å².